The first-order chi connectivity index (χ1) is 18.3. The molecule has 0 saturated carbocycles. The van der Waals surface area contributed by atoms with Crippen LogP contribution in [0.2, 0.25) is 0 Å². The minimum Gasteiger partial charge on any atom is -0.496 e. The summed E-state index contributed by atoms with van der Waals surface area (Å²) >= 11 is 0. The first-order valence-corrected chi connectivity index (χ1v) is 12.4. The lowest BCUT2D eigenvalue weighted by Gasteiger charge is -2.26. The van der Waals surface area contributed by atoms with E-state index in [9.17, 15) is 19.2 Å². The second kappa shape index (κ2) is 10.4. The Bertz CT molecular complexity index is 1380. The molecule has 0 radical (unpaired) electrons. The smallest absolute Gasteiger partial charge is 0.268 e. The number of nitrogens with two attached hydrogens (primary N) is 1. The van der Waals surface area contributed by atoms with Crippen molar-refractivity contribution < 1.29 is 28.7 Å². The summed E-state index contributed by atoms with van der Waals surface area (Å²) in [6.07, 6.45) is 0.269. The van der Waals surface area contributed by atoms with Crippen molar-refractivity contribution in [1.82, 2.24) is 20.9 Å². The number of aromatic amines is 1. The van der Waals surface area contributed by atoms with Crippen LogP contribution in [0, 0.1) is 5.92 Å². The van der Waals surface area contributed by atoms with Crippen molar-refractivity contribution in [3.05, 3.63) is 59.8 Å². The molecule has 0 unspecified atom stereocenters. The van der Waals surface area contributed by atoms with E-state index in [0.717, 1.165) is 5.56 Å². The number of benzene rings is 2. The van der Waals surface area contributed by atoms with Gasteiger partial charge in [-0.05, 0) is 42.7 Å². The van der Waals surface area contributed by atoms with Crippen LogP contribution >= 0.6 is 0 Å². The van der Waals surface area contributed by atoms with Crippen LogP contribution in [0.4, 0.5) is 0 Å². The van der Waals surface area contributed by atoms with Gasteiger partial charge in [0.05, 0.1) is 7.11 Å². The number of para-hydroxylation sites is 1. The molecule has 1 aromatic heterocycles. The van der Waals surface area contributed by atoms with Crippen molar-refractivity contribution in [1.29, 1.82) is 0 Å². The Morgan fingerprint density at radius 2 is 1.97 bits per heavy atom. The minimum absolute atomic E-state index is 0.0706. The minimum atomic E-state index is -1.15. The molecule has 2 aromatic carbocycles. The summed E-state index contributed by atoms with van der Waals surface area (Å²) in [5.74, 6) is -1.33. The maximum absolute atomic E-state index is 13.5. The Morgan fingerprint density at radius 1 is 1.16 bits per heavy atom. The van der Waals surface area contributed by atoms with Gasteiger partial charge in [-0.1, -0.05) is 24.3 Å². The van der Waals surface area contributed by atoms with Gasteiger partial charge in [0.1, 0.15) is 35.4 Å². The van der Waals surface area contributed by atoms with Crippen molar-refractivity contribution in [2.75, 3.05) is 13.7 Å². The molecule has 1 fully saturated rings. The molecule has 0 bridgehead atoms. The molecule has 4 atom stereocenters. The summed E-state index contributed by atoms with van der Waals surface area (Å²) < 4.78 is 11.4. The summed E-state index contributed by atoms with van der Waals surface area (Å²) in [5, 5.41) is 8.86. The lowest BCUT2D eigenvalue weighted by atomic mass is 9.97. The average molecular weight is 520 g/mol. The Kier molecular flexibility index (Phi) is 6.91. The van der Waals surface area contributed by atoms with E-state index >= 15 is 0 Å². The third kappa shape index (κ3) is 4.99. The molecule has 4 amide bonds. The molecule has 38 heavy (non-hydrogen) atoms. The second-order valence-corrected chi connectivity index (χ2v) is 9.50. The predicted molar refractivity (Wildman–Crippen MR) is 138 cm³/mol. The number of fused-ring (bicyclic) bond motifs is 2. The van der Waals surface area contributed by atoms with E-state index in [4.69, 9.17) is 15.2 Å². The maximum Gasteiger partial charge on any atom is 0.268 e. The van der Waals surface area contributed by atoms with Gasteiger partial charge < -0.3 is 36.1 Å². The van der Waals surface area contributed by atoms with Crippen molar-refractivity contribution in [3.8, 4) is 11.5 Å². The monoisotopic (exact) mass is 519 g/mol. The van der Waals surface area contributed by atoms with E-state index in [-0.39, 0.29) is 18.0 Å². The van der Waals surface area contributed by atoms with E-state index in [2.05, 4.69) is 20.9 Å². The van der Waals surface area contributed by atoms with E-state index in [1.807, 2.05) is 24.3 Å². The zero-order chi connectivity index (χ0) is 26.8. The molecule has 6 N–H and O–H groups in total. The van der Waals surface area contributed by atoms with E-state index in [0.29, 0.717) is 41.8 Å². The van der Waals surface area contributed by atoms with Gasteiger partial charge in [-0.25, -0.2) is 0 Å². The van der Waals surface area contributed by atoms with Gasteiger partial charge in [-0.2, -0.15) is 0 Å². The van der Waals surface area contributed by atoms with Crippen LogP contribution in [-0.2, 0) is 20.8 Å². The Labute approximate surface area is 218 Å². The quantitative estimate of drug-likeness (QED) is 0.280. The Hall–Kier alpha value is -4.54. The number of amides is 4. The fourth-order valence-electron chi connectivity index (χ4n) is 5.03. The molecule has 2 aliphatic heterocycles. The second-order valence-electron chi connectivity index (χ2n) is 9.50. The number of carbonyl (C=O) groups excluding carboxylic acids is 4. The summed E-state index contributed by atoms with van der Waals surface area (Å²) in [5.41, 5.74) is 7.40. The van der Waals surface area contributed by atoms with Crippen molar-refractivity contribution in [2.24, 2.45) is 11.7 Å². The molecule has 0 aliphatic carbocycles. The first-order valence-electron chi connectivity index (χ1n) is 12.4. The van der Waals surface area contributed by atoms with Gasteiger partial charge in [-0.15, -0.1) is 0 Å². The van der Waals surface area contributed by atoms with Gasteiger partial charge in [0, 0.05) is 29.8 Å². The summed E-state index contributed by atoms with van der Waals surface area (Å²) in [6.45, 7) is 0.505. The highest BCUT2D eigenvalue weighted by Gasteiger charge is 2.39. The highest BCUT2D eigenvalue weighted by Crippen LogP contribution is 2.30. The van der Waals surface area contributed by atoms with Crippen molar-refractivity contribution in [3.63, 3.8) is 0 Å². The highest BCUT2D eigenvalue weighted by molar-refractivity contribution is 6.02. The zero-order valence-electron chi connectivity index (χ0n) is 20.8. The number of methoxy groups -OCH3 is 1. The molecule has 198 valence electrons. The number of hydrogen-bond donors (Lipinski definition) is 5. The first kappa shape index (κ1) is 25.1. The number of ether oxygens (including phenoxy) is 2. The summed E-state index contributed by atoms with van der Waals surface area (Å²) in [4.78, 5) is 54.2. The molecule has 1 saturated heterocycles. The third-order valence-corrected chi connectivity index (χ3v) is 7.04. The van der Waals surface area contributed by atoms with Crippen LogP contribution in [0.5, 0.6) is 11.5 Å². The maximum atomic E-state index is 13.5. The number of hydrogen-bond acceptors (Lipinski definition) is 6. The van der Waals surface area contributed by atoms with Crippen molar-refractivity contribution in [2.45, 2.75) is 37.5 Å². The third-order valence-electron chi connectivity index (χ3n) is 7.04. The normalized spacial score (nSPS) is 19.7. The van der Waals surface area contributed by atoms with Crippen LogP contribution in [0.3, 0.4) is 0 Å². The van der Waals surface area contributed by atoms with E-state index < -0.39 is 41.8 Å². The van der Waals surface area contributed by atoms with Crippen LogP contribution < -0.4 is 31.2 Å². The van der Waals surface area contributed by atoms with Gasteiger partial charge in [-0.3, -0.25) is 19.2 Å². The summed E-state index contributed by atoms with van der Waals surface area (Å²) in [6, 6.07) is 12.2. The molecule has 11 heteroatoms. The predicted octanol–water partition coefficient (Wildman–Crippen LogP) is 0.775. The summed E-state index contributed by atoms with van der Waals surface area (Å²) in [7, 11) is 1.54. The molecule has 2 aliphatic rings. The molecular formula is C27H29N5O6. The van der Waals surface area contributed by atoms with Crippen LogP contribution in [-0.4, -0.2) is 60.5 Å². The Morgan fingerprint density at radius 3 is 2.68 bits per heavy atom. The lowest BCUT2D eigenvalue weighted by molar-refractivity contribution is -0.131. The standard InChI is InChI=1S/C27H29N5O6/c1-37-21-8-4-6-17-16(21)13-19(30-17)26(35)32-23(22-12-14-5-2-3-7-20(14)38-22)27(36)31-18(24(28)33)11-15-9-10-29-25(15)34/h2-8,13,15,18,22-23,30H,9-12H2,1H3,(H2,28,33)(H,29,34)(H,31,36)(H,32,35)/t15-,18-,22-,23-/m0/s1. The molecule has 11 nitrogen and oxygen atoms in total. The zero-order valence-corrected chi connectivity index (χ0v) is 20.8. The highest BCUT2D eigenvalue weighted by atomic mass is 16.5. The molecule has 5 rings (SSSR count). The SMILES string of the molecule is COc1cccc2[nH]c(C(=O)N[C@H](C(=O)N[C@@H](C[C@@H]3CCNC3=O)C(N)=O)[C@@H]3Cc4ccccc4O3)cc12. The number of nitrogens with one attached hydrogen (secondary N) is 4. The fourth-order valence-corrected chi connectivity index (χ4v) is 5.03. The Balaban J connectivity index is 1.38. The lowest BCUT2D eigenvalue weighted by Crippen LogP contribution is -2.58. The number of aromatic nitrogens is 1. The van der Waals surface area contributed by atoms with Crippen LogP contribution in [0.15, 0.2) is 48.5 Å². The molecule has 0 spiro atoms. The van der Waals surface area contributed by atoms with E-state index in [1.165, 1.54) is 0 Å². The number of carbonyl (C=O) groups is 4. The number of rotatable bonds is 9. The topological polar surface area (TPSA) is 165 Å². The van der Waals surface area contributed by atoms with E-state index in [1.54, 1.807) is 31.4 Å². The van der Waals surface area contributed by atoms with Crippen LogP contribution in [0.25, 0.3) is 10.9 Å². The number of H-pyrrole nitrogens is 1. The van der Waals surface area contributed by atoms with Crippen LogP contribution in [0.1, 0.15) is 28.9 Å². The largest absolute Gasteiger partial charge is 0.496 e. The van der Waals surface area contributed by atoms with Gasteiger partial charge in [0.2, 0.25) is 17.7 Å². The fraction of sp³-hybridized carbons (Fsp3) is 0.333. The average Bonchev–Trinajstić information content (AvgIpc) is 3.64. The van der Waals surface area contributed by atoms with Gasteiger partial charge in [0.25, 0.3) is 5.91 Å². The number of primary amides is 1. The van der Waals surface area contributed by atoms with Crippen molar-refractivity contribution >= 4 is 34.5 Å². The molecule has 3 aromatic rings. The van der Waals surface area contributed by atoms with Gasteiger partial charge in [0.15, 0.2) is 0 Å². The molecule has 3 heterocycles. The molecular weight excluding hydrogens is 490 g/mol. The van der Waals surface area contributed by atoms with Gasteiger partial charge >= 0.3 is 0 Å².